The Hall–Kier alpha value is -2.50. The summed E-state index contributed by atoms with van der Waals surface area (Å²) in [4.78, 5) is 50.3. The van der Waals surface area contributed by atoms with Crippen molar-refractivity contribution >= 4 is 21.5 Å². The lowest BCUT2D eigenvalue weighted by Gasteiger charge is -1.98. The summed E-state index contributed by atoms with van der Waals surface area (Å²) in [6, 6.07) is 2.87. The van der Waals surface area contributed by atoms with Crippen molar-refractivity contribution < 1.29 is 0 Å². The fraction of sp³-hybridized carbons (Fsp3) is 0.500. The van der Waals surface area contributed by atoms with Gasteiger partial charge in [-0.05, 0) is 25.0 Å². The molecule has 3 rings (SSSR count). The van der Waals surface area contributed by atoms with Crippen LogP contribution < -0.4 is 22.2 Å². The van der Waals surface area contributed by atoms with Gasteiger partial charge >= 0.3 is 0 Å². The van der Waals surface area contributed by atoms with Gasteiger partial charge in [-0.25, -0.2) is 0 Å². The molecule has 3 aromatic rings. The van der Waals surface area contributed by atoms with Crippen LogP contribution >= 0.6 is 0 Å². The molecule has 0 aliphatic heterocycles. The Kier molecular flexibility index (Phi) is 5.20. The quantitative estimate of drug-likeness (QED) is 0.580. The maximum atomic E-state index is 12.6. The van der Waals surface area contributed by atoms with Crippen LogP contribution in [-0.4, -0.2) is 9.13 Å². The third-order valence-electron chi connectivity index (χ3n) is 5.03. The molecule has 1 aromatic carbocycles. The first-order chi connectivity index (χ1) is 12.5. The van der Waals surface area contributed by atoms with Gasteiger partial charge in [0.15, 0.2) is 0 Å². The molecule has 0 unspecified atom stereocenters. The van der Waals surface area contributed by atoms with Crippen LogP contribution in [0.25, 0.3) is 21.5 Å². The Morgan fingerprint density at radius 1 is 0.577 bits per heavy atom. The minimum Gasteiger partial charge on any atom is -0.274 e. The zero-order valence-electron chi connectivity index (χ0n) is 15.3. The number of hydrogen-bond donors (Lipinski definition) is 0. The molecule has 0 radical (unpaired) electrons. The molecule has 0 atom stereocenters. The maximum absolute atomic E-state index is 12.6. The summed E-state index contributed by atoms with van der Waals surface area (Å²) in [5, 5.41) is 0.951. The summed E-state index contributed by atoms with van der Waals surface area (Å²) in [6.45, 7) is 4.85. The molecule has 26 heavy (non-hydrogen) atoms. The van der Waals surface area contributed by atoms with Gasteiger partial charge in [0, 0.05) is 13.1 Å². The Bertz CT molecular complexity index is 977. The average molecular weight is 356 g/mol. The third kappa shape index (κ3) is 2.93. The molecular weight excluding hydrogens is 332 g/mol. The van der Waals surface area contributed by atoms with Crippen molar-refractivity contribution in [2.75, 3.05) is 0 Å². The number of benzene rings is 1. The molecule has 6 nitrogen and oxygen atoms in total. The fourth-order valence-electron chi connectivity index (χ4n) is 3.52. The summed E-state index contributed by atoms with van der Waals surface area (Å²) in [6.07, 6.45) is 5.37. The zero-order valence-corrected chi connectivity index (χ0v) is 15.3. The van der Waals surface area contributed by atoms with Crippen LogP contribution in [0.2, 0.25) is 0 Å². The first kappa shape index (κ1) is 18.3. The van der Waals surface area contributed by atoms with Crippen LogP contribution in [0.3, 0.4) is 0 Å². The molecule has 0 aliphatic carbocycles. The van der Waals surface area contributed by atoms with E-state index < -0.39 is 0 Å². The van der Waals surface area contributed by atoms with Crippen molar-refractivity contribution in [3.05, 3.63) is 53.5 Å². The molecule has 0 N–H and O–H groups in total. The van der Waals surface area contributed by atoms with Crippen molar-refractivity contribution in [1.29, 1.82) is 0 Å². The Labute approximate surface area is 150 Å². The predicted molar refractivity (Wildman–Crippen MR) is 104 cm³/mol. The molecule has 2 aromatic heterocycles. The smallest absolute Gasteiger partial charge is 0.261 e. The van der Waals surface area contributed by atoms with E-state index in [-0.39, 0.29) is 43.8 Å². The first-order valence-electron chi connectivity index (χ1n) is 9.41. The monoisotopic (exact) mass is 356 g/mol. The lowest BCUT2D eigenvalue weighted by atomic mass is 10.1. The number of aromatic nitrogens is 2. The van der Waals surface area contributed by atoms with Crippen molar-refractivity contribution in [3.63, 3.8) is 0 Å². The van der Waals surface area contributed by atoms with Gasteiger partial charge in [-0.15, -0.1) is 0 Å². The highest BCUT2D eigenvalue weighted by Gasteiger charge is 2.19. The minimum atomic E-state index is -0.367. The highest BCUT2D eigenvalue weighted by molar-refractivity contribution is 5.97. The lowest BCUT2D eigenvalue weighted by Crippen LogP contribution is -2.26. The standard InChI is InChI=1S/C20H24N2O4/c1-3-5-7-9-21-17(23)13-11-15-16(12-14(13)18(21)24)20(26)22(19(15)25)10-8-6-4-2/h11-12H,3-10H2,1-2H3. The van der Waals surface area contributed by atoms with Crippen molar-refractivity contribution in [1.82, 2.24) is 9.13 Å². The summed E-state index contributed by atoms with van der Waals surface area (Å²) >= 11 is 0. The number of unbranched alkanes of at least 4 members (excludes halogenated alkanes) is 4. The highest BCUT2D eigenvalue weighted by Crippen LogP contribution is 2.15. The number of fused-ring (bicyclic) bond motifs is 2. The van der Waals surface area contributed by atoms with E-state index in [1.54, 1.807) is 0 Å². The summed E-state index contributed by atoms with van der Waals surface area (Å²) in [5.74, 6) is 0. The van der Waals surface area contributed by atoms with Crippen LogP contribution in [-0.2, 0) is 13.1 Å². The SMILES string of the molecule is CCCCCn1c(=O)c2cc3c(=O)n(CCCCC)c(=O)c3cc2c1=O. The van der Waals surface area contributed by atoms with Crippen LogP contribution in [0, 0.1) is 0 Å². The van der Waals surface area contributed by atoms with Crippen LogP contribution in [0.15, 0.2) is 31.3 Å². The molecular formula is C20H24N2O4. The number of rotatable bonds is 8. The van der Waals surface area contributed by atoms with E-state index in [0.717, 1.165) is 38.5 Å². The largest absolute Gasteiger partial charge is 0.274 e. The second kappa shape index (κ2) is 7.40. The van der Waals surface area contributed by atoms with Gasteiger partial charge in [0.25, 0.3) is 22.2 Å². The van der Waals surface area contributed by atoms with E-state index >= 15 is 0 Å². The molecule has 0 aliphatic rings. The van der Waals surface area contributed by atoms with Crippen LogP contribution in [0.5, 0.6) is 0 Å². The normalized spacial score (nSPS) is 11.8. The zero-order chi connectivity index (χ0) is 18.8. The molecule has 2 heterocycles. The van der Waals surface area contributed by atoms with E-state index in [2.05, 4.69) is 13.8 Å². The first-order valence-corrected chi connectivity index (χ1v) is 9.41. The topological polar surface area (TPSA) is 78.1 Å². The van der Waals surface area contributed by atoms with Gasteiger partial charge in [-0.2, -0.15) is 0 Å². The fourth-order valence-corrected chi connectivity index (χ4v) is 3.52. The van der Waals surface area contributed by atoms with E-state index in [4.69, 9.17) is 0 Å². The van der Waals surface area contributed by atoms with Gasteiger partial charge < -0.3 is 0 Å². The summed E-state index contributed by atoms with van der Waals surface area (Å²) in [7, 11) is 0. The summed E-state index contributed by atoms with van der Waals surface area (Å²) < 4.78 is 2.45. The van der Waals surface area contributed by atoms with Gasteiger partial charge in [-0.3, -0.25) is 28.3 Å². The van der Waals surface area contributed by atoms with Crippen molar-refractivity contribution in [3.8, 4) is 0 Å². The van der Waals surface area contributed by atoms with Gasteiger partial charge in [0.05, 0.1) is 21.5 Å². The van der Waals surface area contributed by atoms with E-state index in [0.29, 0.717) is 13.1 Å². The highest BCUT2D eigenvalue weighted by atomic mass is 16.2. The molecule has 0 bridgehead atoms. The maximum Gasteiger partial charge on any atom is 0.261 e. The second-order valence-electron chi connectivity index (χ2n) is 6.88. The molecule has 0 spiro atoms. The Morgan fingerprint density at radius 2 is 0.885 bits per heavy atom. The molecule has 6 heteroatoms. The van der Waals surface area contributed by atoms with E-state index in [1.807, 2.05) is 0 Å². The second-order valence-corrected chi connectivity index (χ2v) is 6.88. The van der Waals surface area contributed by atoms with Crippen molar-refractivity contribution in [2.45, 2.75) is 65.5 Å². The van der Waals surface area contributed by atoms with Crippen LogP contribution in [0.4, 0.5) is 0 Å². The average Bonchev–Trinajstić information content (AvgIpc) is 3.01. The molecule has 0 saturated heterocycles. The third-order valence-corrected chi connectivity index (χ3v) is 5.03. The molecule has 0 amide bonds. The van der Waals surface area contributed by atoms with Gasteiger partial charge in [0.1, 0.15) is 0 Å². The number of hydrogen-bond acceptors (Lipinski definition) is 4. The predicted octanol–water partition coefficient (Wildman–Crippen LogP) is 2.29. The minimum absolute atomic E-state index is 0.238. The Morgan fingerprint density at radius 3 is 1.15 bits per heavy atom. The molecule has 138 valence electrons. The molecule has 0 saturated carbocycles. The Balaban J connectivity index is 2.15. The van der Waals surface area contributed by atoms with Crippen LogP contribution in [0.1, 0.15) is 52.4 Å². The lowest BCUT2D eigenvalue weighted by molar-refractivity contribution is 0.584. The van der Waals surface area contributed by atoms with E-state index in [1.165, 1.54) is 21.3 Å². The molecule has 0 fully saturated rings. The van der Waals surface area contributed by atoms with Gasteiger partial charge in [0.2, 0.25) is 0 Å². The van der Waals surface area contributed by atoms with E-state index in [9.17, 15) is 19.2 Å². The number of nitrogens with zero attached hydrogens (tertiary/aromatic N) is 2. The van der Waals surface area contributed by atoms with Gasteiger partial charge in [-0.1, -0.05) is 39.5 Å². The van der Waals surface area contributed by atoms with Crippen molar-refractivity contribution in [2.24, 2.45) is 0 Å². The summed E-state index contributed by atoms with van der Waals surface area (Å²) in [5.41, 5.74) is -1.47.